The molecule has 0 aromatic heterocycles. The molecule has 0 aromatic carbocycles. The fourth-order valence-corrected chi connectivity index (χ4v) is 2.17. The predicted octanol–water partition coefficient (Wildman–Crippen LogP) is 1.32. The van der Waals surface area contributed by atoms with Crippen molar-refractivity contribution in [3.63, 3.8) is 0 Å². The van der Waals surface area contributed by atoms with Crippen LogP contribution in [-0.2, 0) is 0 Å². The van der Waals surface area contributed by atoms with Crippen molar-refractivity contribution in [2.24, 2.45) is 5.92 Å². The smallest absolute Gasteiger partial charge is 0.0558 e. The Morgan fingerprint density at radius 3 is 2.27 bits per heavy atom. The van der Waals surface area contributed by atoms with Crippen LogP contribution in [0, 0.1) is 5.92 Å². The molecule has 0 aliphatic carbocycles. The van der Waals surface area contributed by atoms with E-state index >= 15 is 0 Å². The Hall–Kier alpha value is -0.120. The van der Waals surface area contributed by atoms with Crippen molar-refractivity contribution in [1.82, 2.24) is 10.2 Å². The lowest BCUT2D eigenvalue weighted by atomic mass is 10.1. The molecule has 92 valence electrons. The molecule has 0 aliphatic heterocycles. The molecule has 15 heavy (non-hydrogen) atoms. The van der Waals surface area contributed by atoms with E-state index in [1.54, 1.807) is 0 Å². The highest BCUT2D eigenvalue weighted by Gasteiger charge is 2.16. The van der Waals surface area contributed by atoms with E-state index in [9.17, 15) is 0 Å². The van der Waals surface area contributed by atoms with Gasteiger partial charge in [-0.15, -0.1) is 0 Å². The van der Waals surface area contributed by atoms with Crippen molar-refractivity contribution in [2.75, 3.05) is 33.3 Å². The SMILES string of the molecule is CCC(CC)N(CCO)CC(C)CNC. The molecule has 0 bridgehead atoms. The molecule has 2 N–H and O–H groups in total. The number of aliphatic hydroxyl groups is 1. The first kappa shape index (κ1) is 14.9. The average Bonchev–Trinajstić information content (AvgIpc) is 2.20. The van der Waals surface area contributed by atoms with Crippen LogP contribution in [0.3, 0.4) is 0 Å². The van der Waals surface area contributed by atoms with Crippen LogP contribution < -0.4 is 5.32 Å². The molecule has 0 spiro atoms. The van der Waals surface area contributed by atoms with Crippen molar-refractivity contribution in [2.45, 2.75) is 39.7 Å². The number of aliphatic hydroxyl groups excluding tert-OH is 1. The van der Waals surface area contributed by atoms with Crippen molar-refractivity contribution < 1.29 is 5.11 Å². The Morgan fingerprint density at radius 2 is 1.87 bits per heavy atom. The van der Waals surface area contributed by atoms with Gasteiger partial charge in [-0.25, -0.2) is 0 Å². The molecule has 0 radical (unpaired) electrons. The second kappa shape index (κ2) is 9.13. The second-order valence-electron chi connectivity index (χ2n) is 4.35. The lowest BCUT2D eigenvalue weighted by Gasteiger charge is -2.32. The molecule has 3 heteroatoms. The van der Waals surface area contributed by atoms with E-state index in [1.807, 2.05) is 7.05 Å². The molecular formula is C12H28N2O. The van der Waals surface area contributed by atoms with E-state index in [4.69, 9.17) is 5.11 Å². The summed E-state index contributed by atoms with van der Waals surface area (Å²) in [6, 6.07) is 0.622. The van der Waals surface area contributed by atoms with Crippen LogP contribution in [0.2, 0.25) is 0 Å². The summed E-state index contributed by atoms with van der Waals surface area (Å²) >= 11 is 0. The Labute approximate surface area is 94.9 Å². The topological polar surface area (TPSA) is 35.5 Å². The third-order valence-corrected chi connectivity index (χ3v) is 2.94. The summed E-state index contributed by atoms with van der Waals surface area (Å²) < 4.78 is 0. The summed E-state index contributed by atoms with van der Waals surface area (Å²) in [5, 5.41) is 12.3. The van der Waals surface area contributed by atoms with Gasteiger partial charge in [-0.1, -0.05) is 20.8 Å². The maximum absolute atomic E-state index is 9.06. The third kappa shape index (κ3) is 6.13. The molecule has 3 nitrogen and oxygen atoms in total. The highest BCUT2D eigenvalue weighted by Crippen LogP contribution is 2.10. The zero-order valence-corrected chi connectivity index (χ0v) is 10.8. The minimum atomic E-state index is 0.267. The summed E-state index contributed by atoms with van der Waals surface area (Å²) in [5.74, 6) is 0.641. The highest BCUT2D eigenvalue weighted by molar-refractivity contribution is 4.71. The van der Waals surface area contributed by atoms with Crippen LogP contribution in [0.5, 0.6) is 0 Å². The van der Waals surface area contributed by atoms with Crippen molar-refractivity contribution in [3.8, 4) is 0 Å². The first-order valence-corrected chi connectivity index (χ1v) is 6.18. The maximum Gasteiger partial charge on any atom is 0.0558 e. The summed E-state index contributed by atoms with van der Waals surface area (Å²) in [6.45, 7) is 9.89. The highest BCUT2D eigenvalue weighted by atomic mass is 16.3. The monoisotopic (exact) mass is 216 g/mol. The standard InChI is InChI=1S/C12H28N2O/c1-5-12(6-2)14(7-8-15)10-11(3)9-13-4/h11-13,15H,5-10H2,1-4H3. The Morgan fingerprint density at radius 1 is 1.27 bits per heavy atom. The van der Waals surface area contributed by atoms with Gasteiger partial charge in [0, 0.05) is 19.1 Å². The first-order chi connectivity index (χ1) is 7.19. The zero-order valence-electron chi connectivity index (χ0n) is 10.8. The molecule has 0 saturated carbocycles. The van der Waals surface area contributed by atoms with E-state index in [1.165, 1.54) is 12.8 Å². The van der Waals surface area contributed by atoms with Crippen molar-refractivity contribution in [1.29, 1.82) is 0 Å². The van der Waals surface area contributed by atoms with Crippen LogP contribution in [0.25, 0.3) is 0 Å². The minimum Gasteiger partial charge on any atom is -0.395 e. The lowest BCUT2D eigenvalue weighted by molar-refractivity contribution is 0.127. The van der Waals surface area contributed by atoms with Gasteiger partial charge in [-0.05, 0) is 32.4 Å². The molecule has 0 rings (SSSR count). The van der Waals surface area contributed by atoms with Crippen LogP contribution in [0.1, 0.15) is 33.6 Å². The number of nitrogens with one attached hydrogen (secondary N) is 1. The van der Waals surface area contributed by atoms with Gasteiger partial charge in [0.2, 0.25) is 0 Å². The van der Waals surface area contributed by atoms with E-state index in [0.717, 1.165) is 19.6 Å². The molecule has 1 atom stereocenters. The van der Waals surface area contributed by atoms with Gasteiger partial charge >= 0.3 is 0 Å². The molecule has 1 unspecified atom stereocenters. The van der Waals surface area contributed by atoms with Gasteiger partial charge in [0.25, 0.3) is 0 Å². The van der Waals surface area contributed by atoms with E-state index in [2.05, 4.69) is 31.0 Å². The van der Waals surface area contributed by atoms with Gasteiger partial charge in [0.15, 0.2) is 0 Å². The lowest BCUT2D eigenvalue weighted by Crippen LogP contribution is -2.41. The molecule has 0 amide bonds. The molecule has 0 aromatic rings. The summed E-state index contributed by atoms with van der Waals surface area (Å²) in [4.78, 5) is 2.42. The fourth-order valence-electron chi connectivity index (χ4n) is 2.17. The summed E-state index contributed by atoms with van der Waals surface area (Å²) in [6.07, 6.45) is 2.34. The Bertz CT molecular complexity index is 138. The fraction of sp³-hybridized carbons (Fsp3) is 1.00. The van der Waals surface area contributed by atoms with Gasteiger partial charge in [0.05, 0.1) is 6.61 Å². The first-order valence-electron chi connectivity index (χ1n) is 6.18. The van der Waals surface area contributed by atoms with Crippen molar-refractivity contribution in [3.05, 3.63) is 0 Å². The minimum absolute atomic E-state index is 0.267. The summed E-state index contributed by atoms with van der Waals surface area (Å²) in [7, 11) is 1.99. The van der Waals surface area contributed by atoms with Gasteiger partial charge in [-0.2, -0.15) is 0 Å². The molecule has 0 aliphatic rings. The van der Waals surface area contributed by atoms with E-state index in [-0.39, 0.29) is 6.61 Å². The van der Waals surface area contributed by atoms with Crippen molar-refractivity contribution >= 4 is 0 Å². The normalized spacial score (nSPS) is 13.8. The second-order valence-corrected chi connectivity index (χ2v) is 4.35. The van der Waals surface area contributed by atoms with Crippen LogP contribution in [0.4, 0.5) is 0 Å². The number of hydrogen-bond donors (Lipinski definition) is 2. The quantitative estimate of drug-likeness (QED) is 0.610. The predicted molar refractivity (Wildman–Crippen MR) is 66.1 cm³/mol. The largest absolute Gasteiger partial charge is 0.395 e. The summed E-state index contributed by atoms with van der Waals surface area (Å²) in [5.41, 5.74) is 0. The Kier molecular flexibility index (Phi) is 9.06. The number of hydrogen-bond acceptors (Lipinski definition) is 3. The molecule has 0 heterocycles. The third-order valence-electron chi connectivity index (χ3n) is 2.94. The number of nitrogens with zero attached hydrogens (tertiary/aromatic N) is 1. The van der Waals surface area contributed by atoms with Gasteiger partial charge < -0.3 is 10.4 Å². The maximum atomic E-state index is 9.06. The molecule has 0 fully saturated rings. The van der Waals surface area contributed by atoms with Crippen LogP contribution in [0.15, 0.2) is 0 Å². The van der Waals surface area contributed by atoms with Crippen LogP contribution >= 0.6 is 0 Å². The van der Waals surface area contributed by atoms with Crippen LogP contribution in [-0.4, -0.2) is 49.3 Å². The van der Waals surface area contributed by atoms with Gasteiger partial charge in [0.1, 0.15) is 0 Å². The Balaban J connectivity index is 4.11. The average molecular weight is 216 g/mol. The van der Waals surface area contributed by atoms with E-state index in [0.29, 0.717) is 12.0 Å². The van der Waals surface area contributed by atoms with E-state index < -0.39 is 0 Å². The number of rotatable bonds is 9. The molecule has 0 saturated heterocycles. The van der Waals surface area contributed by atoms with Gasteiger partial charge in [-0.3, -0.25) is 4.90 Å². The molecular weight excluding hydrogens is 188 g/mol. The zero-order chi connectivity index (χ0) is 11.7.